The Bertz CT molecular complexity index is 920. The van der Waals surface area contributed by atoms with Gasteiger partial charge in [0.2, 0.25) is 0 Å². The fourth-order valence-electron chi connectivity index (χ4n) is 3.81. The summed E-state index contributed by atoms with van der Waals surface area (Å²) in [5.41, 5.74) is 6.51. The molecular weight excluding hydrogens is 350 g/mol. The predicted octanol–water partition coefficient (Wildman–Crippen LogP) is 4.00. The van der Waals surface area contributed by atoms with Crippen LogP contribution in [0, 0.1) is 0 Å². The molecule has 1 saturated carbocycles. The van der Waals surface area contributed by atoms with E-state index < -0.39 is 0 Å². The van der Waals surface area contributed by atoms with Gasteiger partial charge >= 0.3 is 0 Å². The highest BCUT2D eigenvalue weighted by Gasteiger charge is 2.33. The summed E-state index contributed by atoms with van der Waals surface area (Å²) in [6.45, 7) is 5.07. The van der Waals surface area contributed by atoms with Crippen molar-refractivity contribution in [3.8, 4) is 11.5 Å². The fourth-order valence-corrected chi connectivity index (χ4v) is 3.81. The second-order valence-electron chi connectivity index (χ2n) is 7.65. The summed E-state index contributed by atoms with van der Waals surface area (Å²) in [6, 6.07) is 6.81. The molecule has 1 fully saturated rings. The molecule has 1 aromatic heterocycles. The normalized spacial score (nSPS) is 16.1. The van der Waals surface area contributed by atoms with Gasteiger partial charge in [-0.15, -0.1) is 0 Å². The molecule has 0 amide bonds. The topological polar surface area (TPSA) is 37.8 Å². The molecule has 1 aromatic carbocycles. The van der Waals surface area contributed by atoms with E-state index in [-0.39, 0.29) is 0 Å². The minimum atomic E-state index is 0.535. The van der Waals surface area contributed by atoms with Crippen molar-refractivity contribution in [3.05, 3.63) is 65.6 Å². The van der Waals surface area contributed by atoms with Gasteiger partial charge in [-0.2, -0.15) is 0 Å². The number of hydrogen-bond donors (Lipinski definition) is 0. The van der Waals surface area contributed by atoms with Crippen molar-refractivity contribution in [2.24, 2.45) is 0 Å². The van der Waals surface area contributed by atoms with E-state index in [0.29, 0.717) is 6.04 Å². The van der Waals surface area contributed by atoms with Crippen molar-refractivity contribution in [2.45, 2.75) is 25.4 Å². The molecule has 2 aromatic rings. The lowest BCUT2D eigenvalue weighted by Crippen LogP contribution is -2.22. The van der Waals surface area contributed by atoms with Crippen LogP contribution in [0.3, 0.4) is 0 Å². The quantitative estimate of drug-likeness (QED) is 0.761. The average Bonchev–Trinajstić information content (AvgIpc) is 3.53. The molecule has 0 spiro atoms. The number of methoxy groups -OCH3 is 2. The minimum Gasteiger partial charge on any atom is -0.496 e. The summed E-state index contributed by atoms with van der Waals surface area (Å²) in [4.78, 5) is 8.74. The van der Waals surface area contributed by atoms with Crippen molar-refractivity contribution >= 4 is 11.3 Å². The second-order valence-corrected chi connectivity index (χ2v) is 7.65. The van der Waals surface area contributed by atoms with Crippen LogP contribution in [0.5, 0.6) is 11.5 Å². The Morgan fingerprint density at radius 2 is 1.82 bits per heavy atom. The van der Waals surface area contributed by atoms with Gasteiger partial charge < -0.3 is 19.3 Å². The second kappa shape index (κ2) is 7.32. The van der Waals surface area contributed by atoms with E-state index in [1.165, 1.54) is 12.8 Å². The molecule has 1 aliphatic carbocycles. The number of rotatable bonds is 6. The molecule has 0 bridgehead atoms. The molecule has 0 saturated heterocycles. The van der Waals surface area contributed by atoms with E-state index in [4.69, 9.17) is 9.47 Å². The lowest BCUT2D eigenvalue weighted by Gasteiger charge is -2.31. The van der Waals surface area contributed by atoms with E-state index in [0.717, 1.165) is 51.6 Å². The first kappa shape index (κ1) is 18.6. The van der Waals surface area contributed by atoms with E-state index in [2.05, 4.69) is 45.8 Å². The van der Waals surface area contributed by atoms with E-state index >= 15 is 0 Å². The van der Waals surface area contributed by atoms with Crippen LogP contribution >= 0.6 is 0 Å². The molecule has 5 heteroatoms. The van der Waals surface area contributed by atoms with Gasteiger partial charge in [0.25, 0.3) is 0 Å². The molecule has 2 aliphatic rings. The van der Waals surface area contributed by atoms with Crippen LogP contribution in [-0.4, -0.2) is 49.1 Å². The van der Waals surface area contributed by atoms with Crippen LogP contribution in [-0.2, 0) is 6.54 Å². The van der Waals surface area contributed by atoms with Gasteiger partial charge in [-0.05, 0) is 56.3 Å². The maximum Gasteiger partial charge on any atom is 0.127 e. The highest BCUT2D eigenvalue weighted by Crippen LogP contribution is 2.44. The van der Waals surface area contributed by atoms with Crippen molar-refractivity contribution in [1.29, 1.82) is 0 Å². The number of benzene rings is 1. The molecule has 4 rings (SSSR count). The van der Waals surface area contributed by atoms with Gasteiger partial charge in [0.15, 0.2) is 0 Å². The highest BCUT2D eigenvalue weighted by molar-refractivity contribution is 5.90. The molecule has 0 N–H and O–H groups in total. The van der Waals surface area contributed by atoms with E-state index in [9.17, 15) is 0 Å². The Kier molecular flexibility index (Phi) is 4.85. The van der Waals surface area contributed by atoms with Crippen molar-refractivity contribution < 1.29 is 9.47 Å². The Morgan fingerprint density at radius 3 is 2.39 bits per heavy atom. The van der Waals surface area contributed by atoms with Gasteiger partial charge in [-0.1, -0.05) is 6.58 Å². The van der Waals surface area contributed by atoms with E-state index in [1.807, 2.05) is 26.5 Å². The fraction of sp³-hybridized carbons (Fsp3) is 0.348. The number of aromatic nitrogens is 1. The summed E-state index contributed by atoms with van der Waals surface area (Å²) in [5.74, 6) is 1.67. The molecule has 5 nitrogen and oxygen atoms in total. The van der Waals surface area contributed by atoms with Crippen LogP contribution in [0.1, 0.15) is 35.1 Å². The summed E-state index contributed by atoms with van der Waals surface area (Å²) >= 11 is 0. The van der Waals surface area contributed by atoms with Crippen molar-refractivity contribution in [3.63, 3.8) is 0 Å². The SMILES string of the molecule is C=C1c2cnccc2C(c2cc(OC)c(CN(C)C)c(OC)c2)=CN1C1CC1. The molecule has 1 aliphatic heterocycles. The molecule has 146 valence electrons. The molecule has 28 heavy (non-hydrogen) atoms. The third-order valence-corrected chi connectivity index (χ3v) is 5.34. The van der Waals surface area contributed by atoms with E-state index in [1.54, 1.807) is 14.2 Å². The smallest absolute Gasteiger partial charge is 0.127 e. The molecule has 0 radical (unpaired) electrons. The maximum absolute atomic E-state index is 5.74. The highest BCUT2D eigenvalue weighted by atomic mass is 16.5. The maximum atomic E-state index is 5.74. The third-order valence-electron chi connectivity index (χ3n) is 5.34. The molecule has 0 atom stereocenters. The zero-order valence-electron chi connectivity index (χ0n) is 17.0. The first-order chi connectivity index (χ1) is 13.5. The Hall–Kier alpha value is -2.79. The zero-order valence-corrected chi connectivity index (χ0v) is 17.0. The lowest BCUT2D eigenvalue weighted by atomic mass is 9.90. The minimum absolute atomic E-state index is 0.535. The molecular formula is C23H27N3O2. The molecule has 0 unspecified atom stereocenters. The van der Waals surface area contributed by atoms with Gasteiger partial charge in [-0.25, -0.2) is 0 Å². The number of fused-ring (bicyclic) bond motifs is 1. The van der Waals surface area contributed by atoms with Gasteiger partial charge in [-0.3, -0.25) is 4.98 Å². The summed E-state index contributed by atoms with van der Waals surface area (Å²) in [5, 5.41) is 0. The van der Waals surface area contributed by atoms with Gasteiger partial charge in [0, 0.05) is 48.0 Å². The summed E-state index contributed by atoms with van der Waals surface area (Å²) in [6.07, 6.45) is 8.37. The Labute approximate surface area is 166 Å². The van der Waals surface area contributed by atoms with Crippen LogP contribution in [0.15, 0.2) is 43.4 Å². The molecule has 2 heterocycles. The zero-order chi connectivity index (χ0) is 19.8. The third kappa shape index (κ3) is 3.27. The monoisotopic (exact) mass is 377 g/mol. The summed E-state index contributed by atoms with van der Waals surface area (Å²) in [7, 11) is 7.50. The number of pyridine rings is 1. The first-order valence-corrected chi connectivity index (χ1v) is 9.57. The van der Waals surface area contributed by atoms with Crippen molar-refractivity contribution in [2.75, 3.05) is 28.3 Å². The van der Waals surface area contributed by atoms with Crippen LogP contribution in [0.25, 0.3) is 11.3 Å². The van der Waals surface area contributed by atoms with Crippen LogP contribution < -0.4 is 9.47 Å². The van der Waals surface area contributed by atoms with Crippen LogP contribution in [0.2, 0.25) is 0 Å². The lowest BCUT2D eigenvalue weighted by molar-refractivity contribution is 0.348. The largest absolute Gasteiger partial charge is 0.496 e. The summed E-state index contributed by atoms with van der Waals surface area (Å²) < 4.78 is 11.5. The Balaban J connectivity index is 1.87. The van der Waals surface area contributed by atoms with Gasteiger partial charge in [0.05, 0.1) is 19.8 Å². The number of ether oxygens (including phenoxy) is 2. The predicted molar refractivity (Wildman–Crippen MR) is 112 cm³/mol. The number of nitrogens with zero attached hydrogens (tertiary/aromatic N) is 3. The number of hydrogen-bond acceptors (Lipinski definition) is 5. The van der Waals surface area contributed by atoms with Crippen LogP contribution in [0.4, 0.5) is 0 Å². The average molecular weight is 377 g/mol. The Morgan fingerprint density at radius 1 is 1.14 bits per heavy atom. The standard InChI is InChI=1S/C23H27N3O2/c1-15-19-12-24-9-8-18(19)20(14-26(15)17-6-7-17)16-10-22(27-4)21(13-25(2)3)23(11-16)28-5/h8-12,14,17H,1,6-7,13H2,2-5H3. The first-order valence-electron chi connectivity index (χ1n) is 9.57. The van der Waals surface area contributed by atoms with Gasteiger partial charge in [0.1, 0.15) is 11.5 Å². The van der Waals surface area contributed by atoms with Crippen molar-refractivity contribution in [1.82, 2.24) is 14.8 Å².